The highest BCUT2D eigenvalue weighted by atomic mass is 79.9. The van der Waals surface area contributed by atoms with Crippen molar-refractivity contribution in [3.05, 3.63) is 34.3 Å². The van der Waals surface area contributed by atoms with E-state index in [0.717, 1.165) is 17.3 Å². The summed E-state index contributed by atoms with van der Waals surface area (Å²) in [6, 6.07) is 6.50. The summed E-state index contributed by atoms with van der Waals surface area (Å²) in [6.45, 7) is 0. The number of benzene rings is 1. The lowest BCUT2D eigenvalue weighted by atomic mass is 10.0. The van der Waals surface area contributed by atoms with Crippen LogP contribution in [0.3, 0.4) is 0 Å². The van der Waals surface area contributed by atoms with Crippen LogP contribution in [0.1, 0.15) is 43.7 Å². The number of rotatable bonds is 5. The SMILES string of the molecule is NC(=O)[C@@H](NC(=O)CC1CCCC1)c1cccc(Br)c1. The summed E-state index contributed by atoms with van der Waals surface area (Å²) in [7, 11) is 0. The Labute approximate surface area is 127 Å². The van der Waals surface area contributed by atoms with Crippen LogP contribution in [0, 0.1) is 5.92 Å². The molecule has 1 atom stereocenters. The van der Waals surface area contributed by atoms with E-state index >= 15 is 0 Å². The van der Waals surface area contributed by atoms with Gasteiger partial charge in [-0.3, -0.25) is 9.59 Å². The Morgan fingerprint density at radius 3 is 2.65 bits per heavy atom. The number of nitrogens with one attached hydrogen (secondary N) is 1. The lowest BCUT2D eigenvalue weighted by molar-refractivity contribution is -0.128. The number of halogens is 1. The Kier molecular flexibility index (Phi) is 5.17. The summed E-state index contributed by atoms with van der Waals surface area (Å²) < 4.78 is 0.853. The van der Waals surface area contributed by atoms with Crippen LogP contribution in [0.4, 0.5) is 0 Å². The molecule has 1 fully saturated rings. The maximum atomic E-state index is 12.0. The predicted octanol–water partition coefficient (Wildman–Crippen LogP) is 2.67. The Balaban J connectivity index is 2.02. The molecule has 1 aromatic rings. The van der Waals surface area contributed by atoms with Gasteiger partial charge in [0, 0.05) is 10.9 Å². The number of carbonyl (C=O) groups is 2. The number of carbonyl (C=O) groups excluding carboxylic acids is 2. The molecule has 0 aliphatic heterocycles. The van der Waals surface area contributed by atoms with Crippen molar-refractivity contribution in [3.8, 4) is 0 Å². The standard InChI is InChI=1S/C15H19BrN2O2/c16-12-7-3-6-11(9-12)14(15(17)20)18-13(19)8-10-4-1-2-5-10/h3,6-7,9-10,14H,1-2,4-5,8H2,(H2,17,20)(H,18,19)/t14-/m0/s1. The van der Waals surface area contributed by atoms with Gasteiger partial charge in [-0.1, -0.05) is 40.9 Å². The number of amides is 2. The molecule has 0 aromatic heterocycles. The zero-order chi connectivity index (χ0) is 14.5. The Morgan fingerprint density at radius 2 is 2.05 bits per heavy atom. The van der Waals surface area contributed by atoms with Crippen molar-refractivity contribution in [3.63, 3.8) is 0 Å². The molecule has 20 heavy (non-hydrogen) atoms. The highest BCUT2D eigenvalue weighted by Gasteiger charge is 2.23. The average Bonchev–Trinajstić information content (AvgIpc) is 2.88. The summed E-state index contributed by atoms with van der Waals surface area (Å²) in [5, 5.41) is 2.75. The quantitative estimate of drug-likeness (QED) is 0.866. The molecule has 3 N–H and O–H groups in total. The fraction of sp³-hybridized carbons (Fsp3) is 0.467. The lowest BCUT2D eigenvalue weighted by Crippen LogP contribution is -2.38. The monoisotopic (exact) mass is 338 g/mol. The number of hydrogen-bond donors (Lipinski definition) is 2. The van der Waals surface area contributed by atoms with Gasteiger partial charge in [-0.2, -0.15) is 0 Å². The van der Waals surface area contributed by atoms with Gasteiger partial charge in [0.1, 0.15) is 6.04 Å². The van der Waals surface area contributed by atoms with Crippen molar-refractivity contribution in [1.82, 2.24) is 5.32 Å². The van der Waals surface area contributed by atoms with E-state index in [1.54, 1.807) is 12.1 Å². The van der Waals surface area contributed by atoms with Crippen molar-refractivity contribution in [2.45, 2.75) is 38.1 Å². The predicted molar refractivity (Wildman–Crippen MR) is 80.8 cm³/mol. The average molecular weight is 339 g/mol. The van der Waals surface area contributed by atoms with Gasteiger partial charge in [-0.05, 0) is 36.5 Å². The Bertz CT molecular complexity index is 498. The van der Waals surface area contributed by atoms with Gasteiger partial charge in [0.25, 0.3) is 0 Å². The summed E-state index contributed by atoms with van der Waals surface area (Å²) in [5.41, 5.74) is 6.11. The van der Waals surface area contributed by atoms with Crippen molar-refractivity contribution in [2.24, 2.45) is 11.7 Å². The van der Waals surface area contributed by atoms with Crippen molar-refractivity contribution in [1.29, 1.82) is 0 Å². The maximum Gasteiger partial charge on any atom is 0.244 e. The largest absolute Gasteiger partial charge is 0.368 e. The Hall–Kier alpha value is -1.36. The maximum absolute atomic E-state index is 12.0. The first-order valence-corrected chi connectivity index (χ1v) is 7.69. The minimum atomic E-state index is -0.763. The fourth-order valence-corrected chi connectivity index (χ4v) is 3.12. The second kappa shape index (κ2) is 6.88. The normalized spacial score (nSPS) is 16.9. The van der Waals surface area contributed by atoms with Crippen molar-refractivity contribution < 1.29 is 9.59 Å². The highest BCUT2D eigenvalue weighted by molar-refractivity contribution is 9.10. The zero-order valence-corrected chi connectivity index (χ0v) is 12.9. The van der Waals surface area contributed by atoms with Gasteiger partial charge in [-0.25, -0.2) is 0 Å². The van der Waals surface area contributed by atoms with Crippen LogP contribution in [-0.2, 0) is 9.59 Å². The van der Waals surface area contributed by atoms with Gasteiger partial charge in [-0.15, -0.1) is 0 Å². The molecule has 0 spiro atoms. The fourth-order valence-electron chi connectivity index (χ4n) is 2.70. The first-order valence-electron chi connectivity index (χ1n) is 6.90. The molecular formula is C15H19BrN2O2. The third-order valence-electron chi connectivity index (χ3n) is 3.72. The van der Waals surface area contributed by atoms with Crippen LogP contribution in [0.2, 0.25) is 0 Å². The minimum absolute atomic E-state index is 0.0966. The molecule has 1 aliphatic carbocycles. The molecule has 1 saturated carbocycles. The first-order chi connectivity index (χ1) is 9.56. The number of hydrogen-bond acceptors (Lipinski definition) is 2. The van der Waals surface area contributed by atoms with Crippen LogP contribution >= 0.6 is 15.9 Å². The molecule has 0 heterocycles. The van der Waals surface area contributed by atoms with E-state index in [0.29, 0.717) is 17.9 Å². The second-order valence-electron chi connectivity index (χ2n) is 5.31. The molecule has 2 amide bonds. The molecule has 2 rings (SSSR count). The number of nitrogens with two attached hydrogens (primary N) is 1. The first kappa shape index (κ1) is 15.0. The van der Waals surface area contributed by atoms with E-state index in [-0.39, 0.29) is 5.91 Å². The van der Waals surface area contributed by atoms with Crippen molar-refractivity contribution >= 4 is 27.7 Å². The van der Waals surface area contributed by atoms with Gasteiger partial charge < -0.3 is 11.1 Å². The van der Waals surface area contributed by atoms with Crippen molar-refractivity contribution in [2.75, 3.05) is 0 Å². The third-order valence-corrected chi connectivity index (χ3v) is 4.21. The molecule has 0 bridgehead atoms. The van der Waals surface area contributed by atoms with Gasteiger partial charge >= 0.3 is 0 Å². The molecule has 1 aliphatic rings. The van der Waals surface area contributed by atoms with Gasteiger partial charge in [0.05, 0.1) is 0 Å². The van der Waals surface area contributed by atoms with E-state index in [4.69, 9.17) is 5.73 Å². The van der Waals surface area contributed by atoms with Gasteiger partial charge in [0.15, 0.2) is 0 Å². The minimum Gasteiger partial charge on any atom is -0.368 e. The molecular weight excluding hydrogens is 320 g/mol. The summed E-state index contributed by atoms with van der Waals surface area (Å²) in [6.07, 6.45) is 5.08. The van der Waals surface area contributed by atoms with Crippen LogP contribution in [0.5, 0.6) is 0 Å². The summed E-state index contributed by atoms with van der Waals surface area (Å²) in [5.74, 6) is -0.186. The van der Waals surface area contributed by atoms with E-state index in [1.807, 2.05) is 12.1 Å². The highest BCUT2D eigenvalue weighted by Crippen LogP contribution is 2.27. The molecule has 108 valence electrons. The third kappa shape index (κ3) is 4.07. The topological polar surface area (TPSA) is 72.2 Å². The Morgan fingerprint density at radius 1 is 1.35 bits per heavy atom. The smallest absolute Gasteiger partial charge is 0.244 e. The second-order valence-corrected chi connectivity index (χ2v) is 6.23. The zero-order valence-electron chi connectivity index (χ0n) is 11.3. The van der Waals surface area contributed by atoms with E-state index in [1.165, 1.54) is 12.8 Å². The molecule has 1 aromatic carbocycles. The summed E-state index contributed by atoms with van der Waals surface area (Å²) >= 11 is 3.35. The molecule has 5 heteroatoms. The molecule has 0 radical (unpaired) electrons. The van der Waals surface area contributed by atoms with Crippen LogP contribution in [0.25, 0.3) is 0 Å². The molecule has 0 saturated heterocycles. The van der Waals surface area contributed by atoms with E-state index in [9.17, 15) is 9.59 Å². The summed E-state index contributed by atoms with van der Waals surface area (Å²) in [4.78, 5) is 23.6. The van der Waals surface area contributed by atoms with Gasteiger partial charge in [0.2, 0.25) is 11.8 Å². The van der Waals surface area contributed by atoms with Crippen LogP contribution in [0.15, 0.2) is 28.7 Å². The van der Waals surface area contributed by atoms with E-state index < -0.39 is 11.9 Å². The van der Waals surface area contributed by atoms with E-state index in [2.05, 4.69) is 21.2 Å². The molecule has 0 unspecified atom stereocenters. The lowest BCUT2D eigenvalue weighted by Gasteiger charge is -2.17. The van der Waals surface area contributed by atoms with Crippen LogP contribution in [-0.4, -0.2) is 11.8 Å². The molecule has 4 nitrogen and oxygen atoms in total. The van der Waals surface area contributed by atoms with Crippen LogP contribution < -0.4 is 11.1 Å². The number of primary amides is 1.